The Balaban J connectivity index is 1.75. The van der Waals surface area contributed by atoms with E-state index in [-0.39, 0.29) is 0 Å². The van der Waals surface area contributed by atoms with Crippen LogP contribution in [-0.4, -0.2) is 18.5 Å². The minimum atomic E-state index is -1.12. The van der Waals surface area contributed by atoms with Crippen LogP contribution < -0.4 is 10.1 Å². The molecule has 0 aliphatic heterocycles. The summed E-state index contributed by atoms with van der Waals surface area (Å²) in [5.41, 5.74) is 2.32. The zero-order valence-corrected chi connectivity index (χ0v) is 18.9. The van der Waals surface area contributed by atoms with E-state index in [4.69, 9.17) is 21.1 Å². The van der Waals surface area contributed by atoms with Crippen molar-refractivity contribution in [3.8, 4) is 5.75 Å². The first kappa shape index (κ1) is 23.4. The third-order valence-corrected chi connectivity index (χ3v) is 5.27. The smallest absolute Gasteiger partial charge is 0.339 e. The van der Waals surface area contributed by atoms with E-state index in [9.17, 15) is 9.59 Å². The quantitative estimate of drug-likeness (QED) is 0.303. The molecule has 0 unspecified atom stereocenters. The second-order valence-electron chi connectivity index (χ2n) is 7.38. The molecular weight excluding hydrogens is 426 g/mol. The summed E-state index contributed by atoms with van der Waals surface area (Å²) in [6, 6.07) is 20.8. The Morgan fingerprint density at radius 2 is 1.72 bits per heavy atom. The van der Waals surface area contributed by atoms with Gasteiger partial charge in [0.25, 0.3) is 5.91 Å². The number of unbranched alkanes of at least 4 members (excludes halogenated alkanes) is 1. The van der Waals surface area contributed by atoms with E-state index in [0.29, 0.717) is 34.2 Å². The van der Waals surface area contributed by atoms with Crippen molar-refractivity contribution < 1.29 is 19.1 Å². The van der Waals surface area contributed by atoms with Crippen LogP contribution in [0, 0.1) is 6.92 Å². The molecule has 0 aliphatic rings. The molecule has 5 nitrogen and oxygen atoms in total. The number of aryl methyl sites for hydroxylation is 1. The molecule has 0 radical (unpaired) electrons. The van der Waals surface area contributed by atoms with Crippen LogP contribution in [0.2, 0.25) is 5.02 Å². The van der Waals surface area contributed by atoms with E-state index in [0.717, 1.165) is 18.4 Å². The number of halogens is 1. The number of anilines is 1. The molecule has 0 aromatic heterocycles. The average Bonchev–Trinajstić information content (AvgIpc) is 2.81. The number of esters is 1. The Morgan fingerprint density at radius 3 is 2.38 bits per heavy atom. The molecule has 0 spiro atoms. The molecule has 1 N–H and O–H groups in total. The molecule has 0 bridgehead atoms. The van der Waals surface area contributed by atoms with Gasteiger partial charge in [0.2, 0.25) is 6.10 Å². The van der Waals surface area contributed by atoms with Gasteiger partial charge in [0, 0.05) is 16.3 Å². The Morgan fingerprint density at radius 1 is 1.00 bits per heavy atom. The molecule has 6 heteroatoms. The lowest BCUT2D eigenvalue weighted by molar-refractivity contribution is -0.125. The molecule has 1 amide bonds. The van der Waals surface area contributed by atoms with Crippen molar-refractivity contribution in [2.75, 3.05) is 11.9 Å². The third-order valence-electron chi connectivity index (χ3n) is 4.86. The first-order valence-corrected chi connectivity index (χ1v) is 10.9. The van der Waals surface area contributed by atoms with Crippen LogP contribution in [0.5, 0.6) is 5.75 Å². The normalized spacial score (nSPS) is 11.5. The second kappa shape index (κ2) is 11.3. The van der Waals surface area contributed by atoms with Gasteiger partial charge in [-0.25, -0.2) is 4.79 Å². The van der Waals surface area contributed by atoms with Gasteiger partial charge in [0.1, 0.15) is 5.75 Å². The fourth-order valence-corrected chi connectivity index (χ4v) is 3.16. The number of hydrogen-bond donors (Lipinski definition) is 1. The number of rotatable bonds is 9. The zero-order chi connectivity index (χ0) is 22.9. The van der Waals surface area contributed by atoms with Gasteiger partial charge in [0.15, 0.2) is 0 Å². The molecule has 0 saturated heterocycles. The number of benzene rings is 3. The largest absolute Gasteiger partial charge is 0.494 e. The maximum atomic E-state index is 13.0. The summed E-state index contributed by atoms with van der Waals surface area (Å²) in [6.45, 7) is 4.59. The molecule has 0 heterocycles. The maximum Gasteiger partial charge on any atom is 0.339 e. The maximum absolute atomic E-state index is 13.0. The van der Waals surface area contributed by atoms with Gasteiger partial charge < -0.3 is 14.8 Å². The molecular formula is C26H26ClNO4. The summed E-state index contributed by atoms with van der Waals surface area (Å²) in [5, 5.41) is 3.32. The van der Waals surface area contributed by atoms with Gasteiger partial charge >= 0.3 is 5.97 Å². The molecule has 166 valence electrons. The highest BCUT2D eigenvalue weighted by Gasteiger charge is 2.26. The van der Waals surface area contributed by atoms with E-state index in [1.54, 1.807) is 60.7 Å². The van der Waals surface area contributed by atoms with Crippen LogP contribution in [0.4, 0.5) is 5.69 Å². The molecule has 0 fully saturated rings. The lowest BCUT2D eigenvalue weighted by atomic mass is 10.1. The molecule has 3 rings (SSSR count). The Bertz CT molecular complexity index is 1050. The fraction of sp³-hybridized carbons (Fsp3) is 0.231. The number of carbonyl (C=O) groups excluding carboxylic acids is 2. The average molecular weight is 452 g/mol. The summed E-state index contributed by atoms with van der Waals surface area (Å²) in [7, 11) is 0. The van der Waals surface area contributed by atoms with Gasteiger partial charge in [-0.2, -0.15) is 0 Å². The first-order chi connectivity index (χ1) is 15.5. The van der Waals surface area contributed by atoms with Crippen molar-refractivity contribution in [3.63, 3.8) is 0 Å². The number of hydrogen-bond acceptors (Lipinski definition) is 4. The van der Waals surface area contributed by atoms with Crippen molar-refractivity contribution in [1.82, 2.24) is 0 Å². The first-order valence-electron chi connectivity index (χ1n) is 10.5. The SMILES string of the molecule is CCCCOc1ccc(C(=O)O[C@@H](C(=O)Nc2ccc(C)c(Cl)c2)c2ccccc2)cc1. The van der Waals surface area contributed by atoms with Gasteiger partial charge in [-0.05, 0) is 55.3 Å². The van der Waals surface area contributed by atoms with Crippen LogP contribution in [0.25, 0.3) is 0 Å². The Hall–Kier alpha value is -3.31. The summed E-state index contributed by atoms with van der Waals surface area (Å²) in [6.07, 6.45) is 0.885. The van der Waals surface area contributed by atoms with Crippen molar-refractivity contribution in [1.29, 1.82) is 0 Å². The van der Waals surface area contributed by atoms with Crippen LogP contribution in [0.3, 0.4) is 0 Å². The lowest BCUT2D eigenvalue weighted by Crippen LogP contribution is -2.26. The van der Waals surface area contributed by atoms with E-state index >= 15 is 0 Å². The Kier molecular flexibility index (Phi) is 8.28. The number of ether oxygens (including phenoxy) is 2. The summed E-state index contributed by atoms with van der Waals surface area (Å²) < 4.78 is 11.3. The number of amides is 1. The van der Waals surface area contributed by atoms with Crippen molar-refractivity contribution in [2.45, 2.75) is 32.8 Å². The second-order valence-corrected chi connectivity index (χ2v) is 7.78. The number of nitrogens with one attached hydrogen (secondary N) is 1. The highest BCUT2D eigenvalue weighted by Crippen LogP contribution is 2.25. The third kappa shape index (κ3) is 6.34. The van der Waals surface area contributed by atoms with Crippen LogP contribution in [-0.2, 0) is 9.53 Å². The summed E-state index contributed by atoms with van der Waals surface area (Å²) >= 11 is 6.16. The van der Waals surface area contributed by atoms with Crippen molar-refractivity contribution in [3.05, 3.63) is 94.5 Å². The van der Waals surface area contributed by atoms with Crippen molar-refractivity contribution in [2.24, 2.45) is 0 Å². The molecule has 3 aromatic carbocycles. The van der Waals surface area contributed by atoms with Gasteiger partial charge in [-0.3, -0.25) is 4.79 Å². The minimum absolute atomic E-state index is 0.333. The minimum Gasteiger partial charge on any atom is -0.494 e. The lowest BCUT2D eigenvalue weighted by Gasteiger charge is -2.18. The molecule has 3 aromatic rings. The predicted molar refractivity (Wildman–Crippen MR) is 126 cm³/mol. The zero-order valence-electron chi connectivity index (χ0n) is 18.1. The van der Waals surface area contributed by atoms with Gasteiger partial charge in [-0.1, -0.05) is 61.3 Å². The van der Waals surface area contributed by atoms with Crippen LogP contribution in [0.1, 0.15) is 47.4 Å². The molecule has 0 aliphatic carbocycles. The fourth-order valence-electron chi connectivity index (χ4n) is 2.98. The predicted octanol–water partition coefficient (Wildman–Crippen LogP) is 6.36. The highest BCUT2D eigenvalue weighted by molar-refractivity contribution is 6.31. The molecule has 32 heavy (non-hydrogen) atoms. The van der Waals surface area contributed by atoms with Gasteiger partial charge in [0.05, 0.1) is 12.2 Å². The van der Waals surface area contributed by atoms with Crippen LogP contribution >= 0.6 is 11.6 Å². The summed E-state index contributed by atoms with van der Waals surface area (Å²) in [4.78, 5) is 25.8. The van der Waals surface area contributed by atoms with Gasteiger partial charge in [-0.15, -0.1) is 0 Å². The van der Waals surface area contributed by atoms with E-state index in [1.165, 1.54) is 0 Å². The number of carbonyl (C=O) groups is 2. The molecule has 0 saturated carbocycles. The van der Waals surface area contributed by atoms with E-state index in [2.05, 4.69) is 12.2 Å². The topological polar surface area (TPSA) is 64.6 Å². The standard InChI is InChI=1S/C26H26ClNO4/c1-3-4-16-31-22-14-11-20(12-15-22)26(30)32-24(19-8-6-5-7-9-19)25(29)28-21-13-10-18(2)23(27)17-21/h5-15,17,24H,3-4,16H2,1-2H3,(H,28,29)/t24-/m1/s1. The van der Waals surface area contributed by atoms with E-state index in [1.807, 2.05) is 19.1 Å². The Labute approximate surface area is 193 Å². The highest BCUT2D eigenvalue weighted by atomic mass is 35.5. The van der Waals surface area contributed by atoms with Crippen molar-refractivity contribution >= 4 is 29.2 Å². The van der Waals surface area contributed by atoms with Crippen LogP contribution in [0.15, 0.2) is 72.8 Å². The molecule has 1 atom stereocenters. The summed E-state index contributed by atoms with van der Waals surface area (Å²) in [5.74, 6) is -0.386. The van der Waals surface area contributed by atoms with E-state index < -0.39 is 18.0 Å². The monoisotopic (exact) mass is 451 g/mol.